The van der Waals surface area contributed by atoms with Crippen LogP contribution < -0.4 is 0 Å². The standard InChI is InChI=1S/C32H26O2S/c1-23-13-17-25(18-14-23)29(33)21-31(27-9-5-3-6-10-27)35-32(28-11-7-4-8-12-28)22-30(34)26-19-15-24(2)16-20-26/h3-22H,1-2H3/b31-21-,32-22+. The fourth-order valence-electron chi connectivity index (χ4n) is 3.51. The normalized spacial score (nSPS) is 11.8. The van der Waals surface area contributed by atoms with Crippen molar-refractivity contribution in [3.8, 4) is 0 Å². The lowest BCUT2D eigenvalue weighted by atomic mass is 10.1. The van der Waals surface area contributed by atoms with Gasteiger partial charge in [0.1, 0.15) is 0 Å². The zero-order valence-corrected chi connectivity index (χ0v) is 20.6. The van der Waals surface area contributed by atoms with E-state index in [1.807, 2.05) is 123 Å². The minimum atomic E-state index is -0.0753. The van der Waals surface area contributed by atoms with Gasteiger partial charge in [-0.15, -0.1) is 0 Å². The molecule has 0 N–H and O–H groups in total. The molecule has 0 atom stereocenters. The van der Waals surface area contributed by atoms with Crippen molar-refractivity contribution in [1.82, 2.24) is 0 Å². The number of rotatable bonds is 8. The van der Waals surface area contributed by atoms with E-state index in [0.29, 0.717) is 11.1 Å². The van der Waals surface area contributed by atoms with Crippen LogP contribution in [-0.4, -0.2) is 11.6 Å². The third-order valence-corrected chi connectivity index (χ3v) is 6.68. The summed E-state index contributed by atoms with van der Waals surface area (Å²) in [5.41, 5.74) is 5.31. The highest BCUT2D eigenvalue weighted by Crippen LogP contribution is 2.39. The SMILES string of the molecule is Cc1ccc(C(=O)/C=C(\S/C(=C/C(=O)c2ccc(C)cc2)c2ccccc2)c2ccccc2)cc1. The van der Waals surface area contributed by atoms with Gasteiger partial charge in [-0.25, -0.2) is 0 Å². The molecular formula is C32H26O2S. The molecule has 4 aromatic rings. The van der Waals surface area contributed by atoms with Crippen LogP contribution in [0.5, 0.6) is 0 Å². The summed E-state index contributed by atoms with van der Waals surface area (Å²) in [4.78, 5) is 27.9. The van der Waals surface area contributed by atoms with Crippen molar-refractivity contribution in [2.45, 2.75) is 13.8 Å². The number of hydrogen-bond acceptors (Lipinski definition) is 3. The molecule has 0 fully saturated rings. The zero-order valence-electron chi connectivity index (χ0n) is 19.8. The maximum absolute atomic E-state index is 13.2. The summed E-state index contributed by atoms with van der Waals surface area (Å²) in [6.07, 6.45) is 3.33. The molecule has 0 aromatic heterocycles. The van der Waals surface area contributed by atoms with Gasteiger partial charge in [0, 0.05) is 33.1 Å². The van der Waals surface area contributed by atoms with Crippen molar-refractivity contribution in [2.75, 3.05) is 0 Å². The van der Waals surface area contributed by atoms with E-state index in [0.717, 1.165) is 32.1 Å². The van der Waals surface area contributed by atoms with Gasteiger partial charge in [-0.2, -0.15) is 0 Å². The summed E-state index contributed by atoms with van der Waals surface area (Å²) in [6, 6.07) is 34.7. The van der Waals surface area contributed by atoms with E-state index < -0.39 is 0 Å². The molecule has 35 heavy (non-hydrogen) atoms. The Morgan fingerprint density at radius 1 is 0.486 bits per heavy atom. The topological polar surface area (TPSA) is 34.1 Å². The predicted octanol–water partition coefficient (Wildman–Crippen LogP) is 8.18. The Labute approximate surface area is 211 Å². The minimum Gasteiger partial charge on any atom is -0.289 e. The Kier molecular flexibility index (Phi) is 7.92. The summed E-state index contributed by atoms with van der Waals surface area (Å²) in [5, 5.41) is 0. The van der Waals surface area contributed by atoms with Crippen molar-refractivity contribution >= 4 is 33.1 Å². The second kappa shape index (κ2) is 11.5. The Balaban J connectivity index is 1.75. The monoisotopic (exact) mass is 474 g/mol. The summed E-state index contributed by atoms with van der Waals surface area (Å²) in [5.74, 6) is -0.151. The average Bonchev–Trinajstić information content (AvgIpc) is 2.89. The number of carbonyl (C=O) groups is 2. The Hall–Kier alpha value is -3.95. The van der Waals surface area contributed by atoms with E-state index >= 15 is 0 Å². The lowest BCUT2D eigenvalue weighted by Gasteiger charge is -2.12. The van der Waals surface area contributed by atoms with Crippen molar-refractivity contribution in [2.24, 2.45) is 0 Å². The van der Waals surface area contributed by atoms with Crippen LogP contribution in [0.3, 0.4) is 0 Å². The summed E-state index contributed by atoms with van der Waals surface area (Å²) in [7, 11) is 0. The Morgan fingerprint density at radius 3 is 1.17 bits per heavy atom. The highest BCUT2D eigenvalue weighted by molar-refractivity contribution is 8.16. The van der Waals surface area contributed by atoms with Crippen LogP contribution in [0.4, 0.5) is 0 Å². The largest absolute Gasteiger partial charge is 0.289 e. The number of benzene rings is 4. The maximum Gasteiger partial charge on any atom is 0.186 e. The first-order valence-electron chi connectivity index (χ1n) is 11.4. The molecule has 4 rings (SSSR count). The zero-order chi connectivity index (χ0) is 24.6. The van der Waals surface area contributed by atoms with E-state index in [2.05, 4.69) is 0 Å². The molecule has 3 heteroatoms. The number of aryl methyl sites for hydroxylation is 2. The first kappa shape index (κ1) is 24.2. The minimum absolute atomic E-state index is 0.0753. The molecule has 0 aliphatic heterocycles. The third-order valence-electron chi connectivity index (χ3n) is 5.53. The van der Waals surface area contributed by atoms with Crippen LogP contribution in [0.1, 0.15) is 43.0 Å². The van der Waals surface area contributed by atoms with E-state index in [1.165, 1.54) is 11.8 Å². The number of ketones is 2. The number of carbonyl (C=O) groups excluding carboxylic acids is 2. The third kappa shape index (κ3) is 6.56. The fraction of sp³-hybridized carbons (Fsp3) is 0.0625. The van der Waals surface area contributed by atoms with Gasteiger partial charge >= 0.3 is 0 Å². The van der Waals surface area contributed by atoms with Crippen LogP contribution in [0.15, 0.2) is 121 Å². The number of thioether (sulfide) groups is 1. The molecule has 0 bridgehead atoms. The lowest BCUT2D eigenvalue weighted by molar-refractivity contribution is 0.103. The quantitative estimate of drug-likeness (QED) is 0.191. The van der Waals surface area contributed by atoms with E-state index in [4.69, 9.17) is 0 Å². The second-order valence-corrected chi connectivity index (χ2v) is 9.40. The molecule has 0 radical (unpaired) electrons. The maximum atomic E-state index is 13.2. The average molecular weight is 475 g/mol. The van der Waals surface area contributed by atoms with Crippen molar-refractivity contribution in [3.63, 3.8) is 0 Å². The highest BCUT2D eigenvalue weighted by Gasteiger charge is 2.14. The van der Waals surface area contributed by atoms with E-state index in [1.54, 1.807) is 12.2 Å². The smallest absolute Gasteiger partial charge is 0.186 e. The molecule has 2 nitrogen and oxygen atoms in total. The van der Waals surface area contributed by atoms with Crippen molar-refractivity contribution < 1.29 is 9.59 Å². The van der Waals surface area contributed by atoms with Gasteiger partial charge in [0.15, 0.2) is 11.6 Å². The van der Waals surface area contributed by atoms with Gasteiger partial charge in [0.2, 0.25) is 0 Å². The van der Waals surface area contributed by atoms with Crippen LogP contribution in [0.25, 0.3) is 9.81 Å². The van der Waals surface area contributed by atoms with Crippen LogP contribution in [0, 0.1) is 13.8 Å². The fourth-order valence-corrected chi connectivity index (χ4v) is 4.58. The van der Waals surface area contributed by atoms with Crippen molar-refractivity contribution in [3.05, 3.63) is 155 Å². The van der Waals surface area contributed by atoms with Crippen molar-refractivity contribution in [1.29, 1.82) is 0 Å². The van der Waals surface area contributed by atoms with E-state index in [-0.39, 0.29) is 11.6 Å². The summed E-state index contributed by atoms with van der Waals surface area (Å²) in [6.45, 7) is 3.99. The van der Waals surface area contributed by atoms with Gasteiger partial charge < -0.3 is 0 Å². The second-order valence-electron chi connectivity index (χ2n) is 8.31. The highest BCUT2D eigenvalue weighted by atomic mass is 32.2. The lowest BCUT2D eigenvalue weighted by Crippen LogP contribution is -1.98. The first-order chi connectivity index (χ1) is 17.0. The molecule has 0 amide bonds. The molecule has 0 saturated carbocycles. The van der Waals surface area contributed by atoms with Gasteiger partial charge in [0.25, 0.3) is 0 Å². The Bertz CT molecular complexity index is 1260. The molecule has 172 valence electrons. The van der Waals surface area contributed by atoms with E-state index in [9.17, 15) is 9.59 Å². The molecule has 0 heterocycles. The molecule has 4 aromatic carbocycles. The van der Waals surface area contributed by atoms with Gasteiger partial charge in [0.05, 0.1) is 0 Å². The predicted molar refractivity (Wildman–Crippen MR) is 147 cm³/mol. The number of hydrogen-bond donors (Lipinski definition) is 0. The molecular weight excluding hydrogens is 448 g/mol. The van der Waals surface area contributed by atoms with Crippen LogP contribution in [0.2, 0.25) is 0 Å². The Morgan fingerprint density at radius 2 is 0.829 bits per heavy atom. The molecule has 0 unspecified atom stereocenters. The molecule has 0 spiro atoms. The number of allylic oxidation sites excluding steroid dienone is 2. The van der Waals surface area contributed by atoms with Crippen LogP contribution in [-0.2, 0) is 0 Å². The molecule has 0 aliphatic rings. The molecule has 0 aliphatic carbocycles. The molecule has 0 saturated heterocycles. The summed E-state index contributed by atoms with van der Waals surface area (Å²) >= 11 is 1.43. The van der Waals surface area contributed by atoms with Gasteiger partial charge in [-0.05, 0) is 25.0 Å². The van der Waals surface area contributed by atoms with Crippen LogP contribution >= 0.6 is 11.8 Å². The van der Waals surface area contributed by atoms with Gasteiger partial charge in [-0.3, -0.25) is 9.59 Å². The van der Waals surface area contributed by atoms with Gasteiger partial charge in [-0.1, -0.05) is 132 Å². The first-order valence-corrected chi connectivity index (χ1v) is 12.3. The summed E-state index contributed by atoms with van der Waals surface area (Å²) < 4.78 is 0.